The summed E-state index contributed by atoms with van der Waals surface area (Å²) < 4.78 is 16.3. The van der Waals surface area contributed by atoms with Crippen LogP contribution in [-0.2, 0) is 16.0 Å². The van der Waals surface area contributed by atoms with E-state index in [9.17, 15) is 14.7 Å². The predicted octanol–water partition coefficient (Wildman–Crippen LogP) is 3.51. The highest BCUT2D eigenvalue weighted by atomic mass is 16.7. The molecule has 2 aliphatic heterocycles. The SMILES string of the molecule is CC(C)(C)OC(=O)NCCC(=O)N1CCc2cc3c(cc2C1c1cccc(O)c1)OCO3. The number of nitrogens with zero attached hydrogens (tertiary/aromatic N) is 1. The molecule has 0 radical (unpaired) electrons. The summed E-state index contributed by atoms with van der Waals surface area (Å²) in [6, 6.07) is 10.4. The highest BCUT2D eigenvalue weighted by molar-refractivity contribution is 5.79. The van der Waals surface area contributed by atoms with Crippen LogP contribution in [0.2, 0.25) is 0 Å². The summed E-state index contributed by atoms with van der Waals surface area (Å²) in [5.41, 5.74) is 2.23. The molecule has 4 rings (SSSR count). The topological polar surface area (TPSA) is 97.3 Å². The van der Waals surface area contributed by atoms with Crippen LogP contribution in [0.3, 0.4) is 0 Å². The molecule has 1 atom stereocenters. The molecule has 8 nitrogen and oxygen atoms in total. The van der Waals surface area contributed by atoms with Crippen molar-refractivity contribution in [3.05, 3.63) is 53.1 Å². The minimum atomic E-state index is -0.600. The molecule has 0 spiro atoms. The Morgan fingerprint density at radius 1 is 1.19 bits per heavy atom. The van der Waals surface area contributed by atoms with Crippen molar-refractivity contribution < 1.29 is 28.9 Å². The van der Waals surface area contributed by atoms with E-state index in [4.69, 9.17) is 14.2 Å². The molecule has 0 bridgehead atoms. The van der Waals surface area contributed by atoms with Crippen LogP contribution in [0.15, 0.2) is 36.4 Å². The molecular formula is C24H28N2O6. The molecule has 32 heavy (non-hydrogen) atoms. The number of hydrogen-bond acceptors (Lipinski definition) is 6. The zero-order valence-corrected chi connectivity index (χ0v) is 18.5. The smallest absolute Gasteiger partial charge is 0.407 e. The first-order valence-electron chi connectivity index (χ1n) is 10.7. The third kappa shape index (κ3) is 4.74. The lowest BCUT2D eigenvalue weighted by Gasteiger charge is -2.38. The van der Waals surface area contributed by atoms with Crippen LogP contribution in [0.1, 0.15) is 49.9 Å². The molecule has 0 fully saturated rings. The Morgan fingerprint density at radius 2 is 1.94 bits per heavy atom. The Labute approximate surface area is 187 Å². The fraction of sp³-hybridized carbons (Fsp3) is 0.417. The van der Waals surface area contributed by atoms with E-state index < -0.39 is 11.7 Å². The number of carbonyl (C=O) groups is 2. The number of rotatable bonds is 4. The van der Waals surface area contributed by atoms with Crippen LogP contribution in [0.25, 0.3) is 0 Å². The van der Waals surface area contributed by atoms with Gasteiger partial charge >= 0.3 is 6.09 Å². The van der Waals surface area contributed by atoms with Gasteiger partial charge in [-0.25, -0.2) is 4.79 Å². The van der Waals surface area contributed by atoms with Crippen LogP contribution < -0.4 is 14.8 Å². The first kappa shape index (κ1) is 21.8. The van der Waals surface area contributed by atoms with Crippen LogP contribution in [0, 0.1) is 0 Å². The molecule has 0 aliphatic carbocycles. The number of aromatic hydroxyl groups is 1. The van der Waals surface area contributed by atoms with Crippen LogP contribution in [-0.4, -0.2) is 47.5 Å². The monoisotopic (exact) mass is 440 g/mol. The average Bonchev–Trinajstić information content (AvgIpc) is 3.17. The standard InChI is InChI=1S/C24H28N2O6/c1-24(2,3)32-23(29)25-9-7-21(28)26-10-8-15-12-19-20(31-14-30-19)13-18(15)22(26)16-5-4-6-17(27)11-16/h4-6,11-13,22,27H,7-10,14H2,1-3H3,(H,25,29). The van der Waals surface area contributed by atoms with Gasteiger partial charge in [0.15, 0.2) is 11.5 Å². The van der Waals surface area contributed by atoms with Crippen molar-refractivity contribution in [2.24, 2.45) is 0 Å². The van der Waals surface area contributed by atoms with Crippen LogP contribution in [0.5, 0.6) is 17.2 Å². The fourth-order valence-electron chi connectivity index (χ4n) is 4.06. The van der Waals surface area contributed by atoms with Gasteiger partial charge in [0.1, 0.15) is 11.4 Å². The average molecular weight is 440 g/mol. The molecule has 2 aromatic carbocycles. The summed E-state index contributed by atoms with van der Waals surface area (Å²) in [5.74, 6) is 1.39. The van der Waals surface area contributed by atoms with Gasteiger partial charge in [-0.1, -0.05) is 12.1 Å². The van der Waals surface area contributed by atoms with Gasteiger partial charge in [0.2, 0.25) is 12.7 Å². The Hall–Kier alpha value is -3.42. The van der Waals surface area contributed by atoms with Crippen molar-refractivity contribution >= 4 is 12.0 Å². The highest BCUT2D eigenvalue weighted by Crippen LogP contribution is 2.43. The minimum Gasteiger partial charge on any atom is -0.508 e. The number of amides is 2. The quantitative estimate of drug-likeness (QED) is 0.755. The fourth-order valence-corrected chi connectivity index (χ4v) is 4.06. The molecule has 0 aromatic heterocycles. The number of nitrogens with one attached hydrogen (secondary N) is 1. The maximum absolute atomic E-state index is 13.2. The zero-order chi connectivity index (χ0) is 22.9. The number of phenolic OH excluding ortho intramolecular Hbond substituents is 1. The predicted molar refractivity (Wildman–Crippen MR) is 117 cm³/mol. The second kappa shape index (κ2) is 8.61. The number of phenols is 1. The number of alkyl carbamates (subject to hydrolysis) is 1. The van der Waals surface area contributed by atoms with Crippen LogP contribution >= 0.6 is 0 Å². The number of carbonyl (C=O) groups excluding carboxylic acids is 2. The highest BCUT2D eigenvalue weighted by Gasteiger charge is 2.34. The molecule has 2 heterocycles. The van der Waals surface area contributed by atoms with Gasteiger partial charge in [0.25, 0.3) is 0 Å². The summed E-state index contributed by atoms with van der Waals surface area (Å²) in [5, 5.41) is 12.7. The normalized spacial score (nSPS) is 17.0. The maximum atomic E-state index is 13.2. The molecule has 0 saturated heterocycles. The molecule has 2 aliphatic rings. The maximum Gasteiger partial charge on any atom is 0.407 e. The van der Waals surface area contributed by atoms with Gasteiger partial charge in [-0.15, -0.1) is 0 Å². The minimum absolute atomic E-state index is 0.0993. The van der Waals surface area contributed by atoms with E-state index in [-0.39, 0.29) is 37.5 Å². The first-order chi connectivity index (χ1) is 15.2. The number of hydrogen-bond donors (Lipinski definition) is 2. The van der Waals surface area contributed by atoms with E-state index in [1.165, 1.54) is 0 Å². The molecule has 2 N–H and O–H groups in total. The molecule has 2 amide bonds. The number of fused-ring (bicyclic) bond motifs is 2. The van der Waals surface area contributed by atoms with Crippen LogP contribution in [0.4, 0.5) is 4.79 Å². The molecule has 170 valence electrons. The van der Waals surface area contributed by atoms with Crippen molar-refractivity contribution in [3.63, 3.8) is 0 Å². The Kier molecular flexibility index (Phi) is 5.86. The van der Waals surface area contributed by atoms with Gasteiger partial charge in [-0.3, -0.25) is 4.79 Å². The van der Waals surface area contributed by atoms with Crippen molar-refractivity contribution in [1.82, 2.24) is 10.2 Å². The molecule has 8 heteroatoms. The Bertz CT molecular complexity index is 1030. The first-order valence-corrected chi connectivity index (χ1v) is 10.7. The summed E-state index contributed by atoms with van der Waals surface area (Å²) in [7, 11) is 0. The third-order valence-corrected chi connectivity index (χ3v) is 5.38. The van der Waals surface area contributed by atoms with Gasteiger partial charge in [0.05, 0.1) is 6.04 Å². The summed E-state index contributed by atoms with van der Waals surface area (Å²) in [6.45, 7) is 6.22. The summed E-state index contributed by atoms with van der Waals surface area (Å²) in [6.07, 6.45) is 0.257. The van der Waals surface area contributed by atoms with E-state index in [2.05, 4.69) is 5.32 Å². The number of ether oxygens (including phenoxy) is 3. The third-order valence-electron chi connectivity index (χ3n) is 5.38. The van der Waals surface area contributed by atoms with Gasteiger partial charge in [-0.2, -0.15) is 0 Å². The van der Waals surface area contributed by atoms with Gasteiger partial charge < -0.3 is 29.5 Å². The summed E-state index contributed by atoms with van der Waals surface area (Å²) >= 11 is 0. The number of benzene rings is 2. The van der Waals surface area contributed by atoms with Crippen molar-refractivity contribution in [1.29, 1.82) is 0 Å². The van der Waals surface area contributed by atoms with Crippen molar-refractivity contribution in [2.75, 3.05) is 19.9 Å². The Balaban J connectivity index is 1.56. The van der Waals surface area contributed by atoms with E-state index in [0.29, 0.717) is 24.5 Å². The van der Waals surface area contributed by atoms with Crippen molar-refractivity contribution in [3.8, 4) is 17.2 Å². The Morgan fingerprint density at radius 3 is 2.66 bits per heavy atom. The van der Waals surface area contributed by atoms with E-state index >= 15 is 0 Å². The lowest BCUT2D eigenvalue weighted by molar-refractivity contribution is -0.133. The second-order valence-electron chi connectivity index (χ2n) is 8.92. The van der Waals surface area contributed by atoms with Gasteiger partial charge in [-0.05, 0) is 68.1 Å². The molecule has 2 aromatic rings. The lowest BCUT2D eigenvalue weighted by Crippen LogP contribution is -2.42. The second-order valence-corrected chi connectivity index (χ2v) is 8.92. The van der Waals surface area contributed by atoms with Crippen molar-refractivity contribution in [2.45, 2.75) is 45.3 Å². The molecule has 1 unspecified atom stereocenters. The molecule has 0 saturated carbocycles. The molecular weight excluding hydrogens is 412 g/mol. The zero-order valence-electron chi connectivity index (χ0n) is 18.5. The largest absolute Gasteiger partial charge is 0.508 e. The van der Waals surface area contributed by atoms with E-state index in [1.807, 2.05) is 18.2 Å². The lowest BCUT2D eigenvalue weighted by atomic mass is 9.87. The summed E-state index contributed by atoms with van der Waals surface area (Å²) in [4.78, 5) is 26.9. The van der Waals surface area contributed by atoms with E-state index in [1.54, 1.807) is 43.9 Å². The van der Waals surface area contributed by atoms with Gasteiger partial charge in [0, 0.05) is 19.5 Å². The van der Waals surface area contributed by atoms with E-state index in [0.717, 1.165) is 16.7 Å².